The van der Waals surface area contributed by atoms with Gasteiger partial charge in [0.1, 0.15) is 5.75 Å². The molecule has 1 aromatic rings. The van der Waals surface area contributed by atoms with Crippen molar-refractivity contribution < 1.29 is 31.8 Å². The van der Waals surface area contributed by atoms with Gasteiger partial charge in [0.05, 0.1) is 6.61 Å². The minimum absolute atomic E-state index is 0.0311. The summed E-state index contributed by atoms with van der Waals surface area (Å²) >= 11 is 0. The molecule has 21 heavy (non-hydrogen) atoms. The van der Waals surface area contributed by atoms with Crippen LogP contribution in [0.15, 0.2) is 30.3 Å². The second kappa shape index (κ2) is 7.66. The molecule has 0 amide bonds. The lowest BCUT2D eigenvalue weighted by molar-refractivity contribution is -0.148. The number of carbonyl (C=O) groups is 1. The molecule has 0 aliphatic heterocycles. The zero-order valence-electron chi connectivity index (χ0n) is 11.2. The first-order valence-corrected chi connectivity index (χ1v) is 6.09. The van der Waals surface area contributed by atoms with E-state index in [9.17, 15) is 22.4 Å². The molecule has 1 aromatic carbocycles. The van der Waals surface area contributed by atoms with Crippen LogP contribution in [-0.4, -0.2) is 31.5 Å². The maximum Gasteiger partial charge on any atom is 0.340 e. The Bertz CT molecular complexity index is 483. The summed E-state index contributed by atoms with van der Waals surface area (Å²) in [5, 5.41) is 0. The third-order valence-electron chi connectivity index (χ3n) is 2.33. The molecular weight excluding hydrogens is 292 g/mol. The third-order valence-corrected chi connectivity index (χ3v) is 2.33. The van der Waals surface area contributed by atoms with Crippen molar-refractivity contribution in [2.45, 2.75) is 19.3 Å². The standard InChI is InChI=1S/C14H14F4O3/c1-2-20-12(19)8-5-10-3-6-11(7-4-10)21-9-14(17,18)13(15)16/h3-8,13H,2,9H2,1H3/b8-5+. The largest absolute Gasteiger partial charge is 0.487 e. The molecule has 0 aliphatic carbocycles. The summed E-state index contributed by atoms with van der Waals surface area (Å²) < 4.78 is 58.5. The number of ether oxygens (including phenoxy) is 2. The van der Waals surface area contributed by atoms with E-state index in [1.54, 1.807) is 6.92 Å². The predicted molar refractivity (Wildman–Crippen MR) is 68.6 cm³/mol. The second-order valence-electron chi connectivity index (χ2n) is 4.00. The SMILES string of the molecule is CCOC(=O)/C=C/c1ccc(OCC(F)(F)C(F)F)cc1. The van der Waals surface area contributed by atoms with Crippen molar-refractivity contribution >= 4 is 12.0 Å². The Morgan fingerprint density at radius 2 is 1.90 bits per heavy atom. The van der Waals surface area contributed by atoms with Crippen molar-refractivity contribution in [1.82, 2.24) is 0 Å². The smallest absolute Gasteiger partial charge is 0.340 e. The summed E-state index contributed by atoms with van der Waals surface area (Å²) in [6, 6.07) is 5.66. The molecule has 0 fully saturated rings. The highest BCUT2D eigenvalue weighted by atomic mass is 19.3. The minimum Gasteiger partial charge on any atom is -0.487 e. The zero-order valence-corrected chi connectivity index (χ0v) is 11.2. The van der Waals surface area contributed by atoms with Crippen molar-refractivity contribution in [2.24, 2.45) is 0 Å². The number of hydrogen-bond donors (Lipinski definition) is 0. The average molecular weight is 306 g/mol. The molecule has 0 aromatic heterocycles. The molecule has 0 N–H and O–H groups in total. The highest BCUT2D eigenvalue weighted by Crippen LogP contribution is 2.24. The molecule has 1 rings (SSSR count). The van der Waals surface area contributed by atoms with Gasteiger partial charge in [0.15, 0.2) is 6.61 Å². The lowest BCUT2D eigenvalue weighted by Gasteiger charge is -2.15. The topological polar surface area (TPSA) is 35.5 Å². The fourth-order valence-corrected chi connectivity index (χ4v) is 1.27. The first-order chi connectivity index (χ1) is 9.85. The second-order valence-corrected chi connectivity index (χ2v) is 4.00. The lowest BCUT2D eigenvalue weighted by atomic mass is 10.2. The molecule has 0 aliphatic rings. The van der Waals surface area contributed by atoms with Gasteiger partial charge in [-0.3, -0.25) is 0 Å². The molecule has 0 saturated carbocycles. The van der Waals surface area contributed by atoms with Crippen molar-refractivity contribution in [3.8, 4) is 5.75 Å². The Hall–Kier alpha value is -2.05. The van der Waals surface area contributed by atoms with E-state index in [1.807, 2.05) is 0 Å². The van der Waals surface area contributed by atoms with E-state index in [0.717, 1.165) is 0 Å². The van der Waals surface area contributed by atoms with Gasteiger partial charge in [0, 0.05) is 6.08 Å². The monoisotopic (exact) mass is 306 g/mol. The van der Waals surface area contributed by atoms with Crippen molar-refractivity contribution in [2.75, 3.05) is 13.2 Å². The molecular formula is C14H14F4O3. The first kappa shape index (κ1) is 17.0. The van der Waals surface area contributed by atoms with Crippen LogP contribution in [0.4, 0.5) is 17.6 Å². The van der Waals surface area contributed by atoms with Crippen molar-refractivity contribution in [3.63, 3.8) is 0 Å². The van der Waals surface area contributed by atoms with Gasteiger partial charge in [-0.25, -0.2) is 13.6 Å². The van der Waals surface area contributed by atoms with Crippen LogP contribution in [0.25, 0.3) is 6.08 Å². The van der Waals surface area contributed by atoms with Gasteiger partial charge in [-0.2, -0.15) is 8.78 Å². The number of carbonyl (C=O) groups excluding carboxylic acids is 1. The summed E-state index contributed by atoms with van der Waals surface area (Å²) in [6.45, 7) is 0.532. The molecule has 0 unspecified atom stereocenters. The normalized spacial score (nSPS) is 11.9. The molecule has 0 radical (unpaired) electrons. The summed E-state index contributed by atoms with van der Waals surface area (Å²) in [4.78, 5) is 11.1. The number of alkyl halides is 4. The number of benzene rings is 1. The van der Waals surface area contributed by atoms with E-state index >= 15 is 0 Å². The van der Waals surface area contributed by atoms with E-state index in [-0.39, 0.29) is 12.4 Å². The lowest BCUT2D eigenvalue weighted by Crippen LogP contribution is -2.33. The van der Waals surface area contributed by atoms with Crippen molar-refractivity contribution in [1.29, 1.82) is 0 Å². The third kappa shape index (κ3) is 5.85. The highest BCUT2D eigenvalue weighted by molar-refractivity contribution is 5.87. The average Bonchev–Trinajstić information content (AvgIpc) is 2.44. The Labute approximate surface area is 119 Å². The van der Waals surface area contributed by atoms with E-state index in [2.05, 4.69) is 9.47 Å². The molecule has 7 heteroatoms. The van der Waals surface area contributed by atoms with Gasteiger partial charge in [-0.15, -0.1) is 0 Å². The summed E-state index contributed by atoms with van der Waals surface area (Å²) in [5.41, 5.74) is 0.607. The van der Waals surface area contributed by atoms with Crippen LogP contribution in [0.2, 0.25) is 0 Å². The van der Waals surface area contributed by atoms with Crippen LogP contribution in [0.3, 0.4) is 0 Å². The molecule has 0 heterocycles. The number of halogens is 4. The van der Waals surface area contributed by atoms with E-state index in [0.29, 0.717) is 5.56 Å². The van der Waals surface area contributed by atoms with Gasteiger partial charge in [0.25, 0.3) is 0 Å². The molecule has 0 spiro atoms. The van der Waals surface area contributed by atoms with Gasteiger partial charge in [-0.05, 0) is 30.7 Å². The molecule has 0 atom stereocenters. The maximum absolute atomic E-state index is 12.7. The fraction of sp³-hybridized carbons (Fsp3) is 0.357. The van der Waals surface area contributed by atoms with Crippen LogP contribution in [0.5, 0.6) is 5.75 Å². The Kier molecular flexibility index (Phi) is 6.20. The molecule has 0 bridgehead atoms. The van der Waals surface area contributed by atoms with Gasteiger partial charge in [-0.1, -0.05) is 12.1 Å². The number of esters is 1. The van der Waals surface area contributed by atoms with Gasteiger partial charge in [0.2, 0.25) is 0 Å². The van der Waals surface area contributed by atoms with Crippen LogP contribution in [-0.2, 0) is 9.53 Å². The van der Waals surface area contributed by atoms with Crippen LogP contribution < -0.4 is 4.74 Å². The quantitative estimate of drug-likeness (QED) is 0.439. The molecule has 0 saturated heterocycles. The summed E-state index contributed by atoms with van der Waals surface area (Å²) in [7, 11) is 0. The number of rotatable bonds is 7. The van der Waals surface area contributed by atoms with Crippen LogP contribution in [0.1, 0.15) is 12.5 Å². The zero-order chi connectivity index (χ0) is 15.9. The minimum atomic E-state index is -4.19. The molecule has 116 valence electrons. The van der Waals surface area contributed by atoms with E-state index in [4.69, 9.17) is 0 Å². The highest BCUT2D eigenvalue weighted by Gasteiger charge is 2.41. The van der Waals surface area contributed by atoms with Crippen LogP contribution >= 0.6 is 0 Å². The first-order valence-electron chi connectivity index (χ1n) is 6.09. The Balaban J connectivity index is 2.56. The van der Waals surface area contributed by atoms with Crippen molar-refractivity contribution in [3.05, 3.63) is 35.9 Å². The van der Waals surface area contributed by atoms with Gasteiger partial charge >= 0.3 is 18.3 Å². The Morgan fingerprint density at radius 3 is 2.43 bits per heavy atom. The summed E-state index contributed by atoms with van der Waals surface area (Å²) in [6.07, 6.45) is -1.09. The van der Waals surface area contributed by atoms with Gasteiger partial charge < -0.3 is 9.47 Å². The Morgan fingerprint density at radius 1 is 1.29 bits per heavy atom. The summed E-state index contributed by atoms with van der Waals surface area (Å²) in [5.74, 6) is -4.67. The van der Waals surface area contributed by atoms with E-state index < -0.39 is 24.9 Å². The number of hydrogen-bond acceptors (Lipinski definition) is 3. The van der Waals surface area contributed by atoms with Crippen LogP contribution in [0, 0.1) is 0 Å². The fourth-order valence-electron chi connectivity index (χ4n) is 1.27. The maximum atomic E-state index is 12.7. The molecule has 3 nitrogen and oxygen atoms in total. The van der Waals surface area contributed by atoms with E-state index in [1.165, 1.54) is 36.4 Å². The predicted octanol–water partition coefficient (Wildman–Crippen LogP) is 3.54.